The molecule has 31 heavy (non-hydrogen) atoms. The first-order valence-electron chi connectivity index (χ1n) is 11.3. The molecule has 2 aromatic heterocycles. The number of ether oxygens (including phenoxy) is 1. The molecule has 4 rings (SSSR count). The van der Waals surface area contributed by atoms with Crippen LogP contribution in [0.5, 0.6) is 0 Å². The highest BCUT2D eigenvalue weighted by atomic mass is 32.1. The zero-order chi connectivity index (χ0) is 21.6. The van der Waals surface area contributed by atoms with Gasteiger partial charge in [-0.3, -0.25) is 9.69 Å². The van der Waals surface area contributed by atoms with Crippen LogP contribution >= 0.6 is 11.3 Å². The first-order chi connectivity index (χ1) is 15.1. The van der Waals surface area contributed by atoms with E-state index in [0.717, 1.165) is 69.6 Å². The van der Waals surface area contributed by atoms with Crippen LogP contribution in [-0.4, -0.2) is 60.2 Å². The molecule has 2 atom stereocenters. The highest BCUT2D eigenvalue weighted by Gasteiger charge is 2.31. The number of nitrogens with one attached hydrogen (secondary N) is 1. The summed E-state index contributed by atoms with van der Waals surface area (Å²) in [5, 5.41) is 6.27. The Bertz CT molecular complexity index is 821. The number of amides is 1. The molecule has 4 heterocycles. The molecule has 1 amide bonds. The van der Waals surface area contributed by atoms with Crippen molar-refractivity contribution in [1.29, 1.82) is 0 Å². The fourth-order valence-corrected chi connectivity index (χ4v) is 5.12. The van der Waals surface area contributed by atoms with Crippen molar-refractivity contribution in [3.8, 4) is 0 Å². The molecule has 7 nitrogen and oxygen atoms in total. The molecule has 2 aromatic rings. The van der Waals surface area contributed by atoms with Crippen molar-refractivity contribution in [2.75, 3.05) is 44.3 Å². The van der Waals surface area contributed by atoms with E-state index in [1.165, 1.54) is 5.56 Å². The van der Waals surface area contributed by atoms with Crippen molar-refractivity contribution >= 4 is 23.1 Å². The Hall–Kier alpha value is -2.03. The lowest BCUT2D eigenvalue weighted by Crippen LogP contribution is -2.43. The molecule has 0 saturated carbocycles. The molecular weight excluding hydrogens is 410 g/mol. The monoisotopic (exact) mass is 443 g/mol. The van der Waals surface area contributed by atoms with Gasteiger partial charge in [0.05, 0.1) is 19.3 Å². The summed E-state index contributed by atoms with van der Waals surface area (Å²) in [7, 11) is 0. The smallest absolute Gasteiger partial charge is 0.223 e. The number of carbonyl (C=O) groups excluding carboxylic acids is 1. The number of aromatic nitrogens is 2. The van der Waals surface area contributed by atoms with Crippen LogP contribution in [-0.2, 0) is 16.1 Å². The summed E-state index contributed by atoms with van der Waals surface area (Å²) in [4.78, 5) is 26.5. The fraction of sp³-hybridized carbons (Fsp3) is 0.609. The molecule has 0 aromatic carbocycles. The van der Waals surface area contributed by atoms with E-state index in [1.807, 2.05) is 31.6 Å². The topological polar surface area (TPSA) is 70.6 Å². The molecule has 2 aliphatic heterocycles. The van der Waals surface area contributed by atoms with Crippen LogP contribution in [0.15, 0.2) is 29.9 Å². The first-order valence-corrected chi connectivity index (χ1v) is 12.2. The predicted molar refractivity (Wildman–Crippen MR) is 123 cm³/mol. The number of anilines is 1. The van der Waals surface area contributed by atoms with Gasteiger partial charge >= 0.3 is 0 Å². The maximum Gasteiger partial charge on any atom is 0.223 e. The Balaban J connectivity index is 1.39. The number of hydrogen-bond acceptors (Lipinski definition) is 7. The number of carbonyl (C=O) groups is 1. The van der Waals surface area contributed by atoms with Crippen molar-refractivity contribution in [3.63, 3.8) is 0 Å². The quantitative estimate of drug-likeness (QED) is 0.709. The second-order valence-corrected chi connectivity index (χ2v) is 9.70. The van der Waals surface area contributed by atoms with Crippen LogP contribution < -0.4 is 10.2 Å². The van der Waals surface area contributed by atoms with E-state index in [9.17, 15) is 4.79 Å². The minimum absolute atomic E-state index is 0.0143. The number of thiazole rings is 1. The minimum Gasteiger partial charge on any atom is -0.378 e. The first kappa shape index (κ1) is 22.2. The van der Waals surface area contributed by atoms with Gasteiger partial charge in [0, 0.05) is 49.9 Å². The van der Waals surface area contributed by atoms with Crippen LogP contribution in [0.2, 0.25) is 0 Å². The third-order valence-electron chi connectivity index (χ3n) is 6.10. The highest BCUT2D eigenvalue weighted by Crippen LogP contribution is 2.32. The molecule has 8 heteroatoms. The summed E-state index contributed by atoms with van der Waals surface area (Å²) in [6, 6.07) is 4.31. The summed E-state index contributed by atoms with van der Waals surface area (Å²) in [5.74, 6) is 1.46. The predicted octanol–water partition coefficient (Wildman–Crippen LogP) is 3.10. The Morgan fingerprint density at radius 2 is 2.10 bits per heavy atom. The Morgan fingerprint density at radius 1 is 1.26 bits per heavy atom. The van der Waals surface area contributed by atoms with E-state index in [0.29, 0.717) is 5.92 Å². The minimum atomic E-state index is -0.0294. The maximum absolute atomic E-state index is 12.5. The average molecular weight is 444 g/mol. The van der Waals surface area contributed by atoms with Crippen molar-refractivity contribution < 1.29 is 9.53 Å². The van der Waals surface area contributed by atoms with Crippen molar-refractivity contribution in [2.24, 2.45) is 11.8 Å². The van der Waals surface area contributed by atoms with Crippen LogP contribution in [0, 0.1) is 11.8 Å². The molecular formula is C23H33N5O2S. The normalized spacial score (nSPS) is 21.3. The van der Waals surface area contributed by atoms with Gasteiger partial charge in [-0.15, -0.1) is 11.3 Å². The number of rotatable bonds is 7. The van der Waals surface area contributed by atoms with Gasteiger partial charge in [-0.05, 0) is 36.9 Å². The summed E-state index contributed by atoms with van der Waals surface area (Å²) in [5.41, 5.74) is 1.23. The Labute approximate surface area is 188 Å². The zero-order valence-corrected chi connectivity index (χ0v) is 19.3. The highest BCUT2D eigenvalue weighted by molar-refractivity contribution is 7.09. The van der Waals surface area contributed by atoms with E-state index >= 15 is 0 Å². The third kappa shape index (κ3) is 5.81. The maximum atomic E-state index is 12.5. The van der Waals surface area contributed by atoms with Gasteiger partial charge < -0.3 is 15.0 Å². The summed E-state index contributed by atoms with van der Waals surface area (Å²) < 4.78 is 5.43. The fourth-order valence-electron chi connectivity index (χ4n) is 4.34. The molecule has 1 N–H and O–H groups in total. The van der Waals surface area contributed by atoms with E-state index in [-0.39, 0.29) is 17.9 Å². The second-order valence-electron chi connectivity index (χ2n) is 8.77. The van der Waals surface area contributed by atoms with Crippen LogP contribution in [0.25, 0.3) is 0 Å². The van der Waals surface area contributed by atoms with E-state index in [1.54, 1.807) is 11.3 Å². The second kappa shape index (κ2) is 10.5. The van der Waals surface area contributed by atoms with E-state index in [2.05, 4.69) is 32.2 Å². The van der Waals surface area contributed by atoms with E-state index in [4.69, 9.17) is 9.72 Å². The lowest BCUT2D eigenvalue weighted by Gasteiger charge is -2.37. The molecule has 2 saturated heterocycles. The number of piperidine rings is 1. The molecule has 2 fully saturated rings. The van der Waals surface area contributed by atoms with E-state index < -0.39 is 0 Å². The SMILES string of the molecule is CC(C)C(=O)NC(c1nccs1)C1CCCN(Cc2ccc(N3CCOCC3)nc2)C1. The third-order valence-corrected chi connectivity index (χ3v) is 6.96. The molecule has 0 spiro atoms. The Morgan fingerprint density at radius 3 is 2.77 bits per heavy atom. The van der Waals surface area contributed by atoms with Crippen LogP contribution in [0.1, 0.15) is 43.3 Å². The lowest BCUT2D eigenvalue weighted by atomic mass is 9.90. The Kier molecular flexibility index (Phi) is 7.53. The molecule has 0 bridgehead atoms. The summed E-state index contributed by atoms with van der Waals surface area (Å²) >= 11 is 1.63. The molecule has 2 aliphatic rings. The van der Waals surface area contributed by atoms with Gasteiger partial charge in [0.2, 0.25) is 5.91 Å². The van der Waals surface area contributed by atoms with Crippen molar-refractivity contribution in [3.05, 3.63) is 40.5 Å². The summed E-state index contributed by atoms with van der Waals surface area (Å²) in [6.07, 6.45) is 6.07. The van der Waals surface area contributed by atoms with Gasteiger partial charge in [0.1, 0.15) is 10.8 Å². The summed E-state index contributed by atoms with van der Waals surface area (Å²) in [6.45, 7) is 10.1. The average Bonchev–Trinajstić information content (AvgIpc) is 3.33. The molecule has 0 aliphatic carbocycles. The largest absolute Gasteiger partial charge is 0.378 e. The van der Waals surface area contributed by atoms with Gasteiger partial charge in [-0.2, -0.15) is 0 Å². The number of morpholine rings is 1. The standard InChI is InChI=1S/C23H33N5O2S/c1-17(2)22(29)26-21(23-24-7-13-31-23)19-4-3-8-27(16-19)15-18-5-6-20(25-14-18)28-9-11-30-12-10-28/h5-7,13-14,17,19,21H,3-4,8-12,15-16H2,1-2H3,(H,26,29). The number of likely N-dealkylation sites (tertiary alicyclic amines) is 1. The zero-order valence-electron chi connectivity index (χ0n) is 18.5. The molecule has 2 unspecified atom stereocenters. The molecule has 0 radical (unpaired) electrons. The van der Waals surface area contributed by atoms with Crippen molar-refractivity contribution in [2.45, 2.75) is 39.3 Å². The number of pyridine rings is 1. The van der Waals surface area contributed by atoms with Crippen LogP contribution in [0.4, 0.5) is 5.82 Å². The lowest BCUT2D eigenvalue weighted by molar-refractivity contribution is -0.125. The molecule has 168 valence electrons. The van der Waals surface area contributed by atoms with Gasteiger partial charge in [0.15, 0.2) is 0 Å². The number of hydrogen-bond donors (Lipinski definition) is 1. The number of nitrogens with zero attached hydrogens (tertiary/aromatic N) is 4. The van der Waals surface area contributed by atoms with Gasteiger partial charge in [-0.25, -0.2) is 9.97 Å². The van der Waals surface area contributed by atoms with Gasteiger partial charge in [-0.1, -0.05) is 19.9 Å². The van der Waals surface area contributed by atoms with Gasteiger partial charge in [0.25, 0.3) is 0 Å². The van der Waals surface area contributed by atoms with Crippen LogP contribution in [0.3, 0.4) is 0 Å². The van der Waals surface area contributed by atoms with Crippen molar-refractivity contribution in [1.82, 2.24) is 20.2 Å².